The molecule has 1 amide bonds. The summed E-state index contributed by atoms with van der Waals surface area (Å²) in [5, 5.41) is 21.8. The zero-order valence-electron chi connectivity index (χ0n) is 10.6. The van der Waals surface area contributed by atoms with Gasteiger partial charge in [-0.05, 0) is 39.8 Å². The van der Waals surface area contributed by atoms with E-state index in [-0.39, 0.29) is 11.3 Å². The van der Waals surface area contributed by atoms with Gasteiger partial charge in [-0.3, -0.25) is 4.79 Å². The van der Waals surface area contributed by atoms with Crippen LogP contribution in [0.2, 0.25) is 0 Å². The molecule has 0 aliphatic rings. The number of rotatable bonds is 3. The third kappa shape index (κ3) is 3.20. The van der Waals surface area contributed by atoms with Crippen LogP contribution in [0.1, 0.15) is 36.7 Å². The third-order valence-corrected chi connectivity index (χ3v) is 2.88. The predicted molar refractivity (Wildman–Crippen MR) is 66.1 cm³/mol. The molecule has 1 aromatic rings. The van der Waals surface area contributed by atoms with Gasteiger partial charge >= 0.3 is 0 Å². The van der Waals surface area contributed by atoms with Crippen LogP contribution in [0.25, 0.3) is 0 Å². The molecule has 0 radical (unpaired) electrons. The van der Waals surface area contributed by atoms with Gasteiger partial charge in [0.25, 0.3) is 5.91 Å². The second kappa shape index (κ2) is 4.75. The Bertz CT molecular complexity index is 425. The largest absolute Gasteiger partial charge is 0.507 e. The highest BCUT2D eigenvalue weighted by Crippen LogP contribution is 2.19. The molecule has 1 atom stereocenters. The van der Waals surface area contributed by atoms with E-state index >= 15 is 0 Å². The van der Waals surface area contributed by atoms with Crippen LogP contribution in [-0.4, -0.2) is 27.8 Å². The van der Waals surface area contributed by atoms with Crippen molar-refractivity contribution in [3.8, 4) is 5.75 Å². The standard InChI is InChI=1S/C13H19NO3/c1-8-5-6-11(16)10(7-8)12(17)14-13(3,4)9(2)15/h5-7,9,15-16H,1-4H3,(H,14,17). The molecule has 94 valence electrons. The van der Waals surface area contributed by atoms with Crippen molar-refractivity contribution in [2.24, 2.45) is 0 Å². The number of phenols is 1. The Morgan fingerprint density at radius 3 is 2.53 bits per heavy atom. The van der Waals surface area contributed by atoms with E-state index in [0.717, 1.165) is 5.56 Å². The highest BCUT2D eigenvalue weighted by molar-refractivity contribution is 5.97. The summed E-state index contributed by atoms with van der Waals surface area (Å²) in [6.07, 6.45) is -0.682. The van der Waals surface area contributed by atoms with E-state index in [1.165, 1.54) is 6.07 Å². The molecule has 0 bridgehead atoms. The van der Waals surface area contributed by atoms with Crippen LogP contribution in [-0.2, 0) is 0 Å². The van der Waals surface area contributed by atoms with Crippen molar-refractivity contribution < 1.29 is 15.0 Å². The van der Waals surface area contributed by atoms with Crippen molar-refractivity contribution in [1.82, 2.24) is 5.32 Å². The number of carbonyl (C=O) groups excluding carboxylic acids is 1. The molecule has 0 saturated heterocycles. The molecule has 4 nitrogen and oxygen atoms in total. The molecule has 17 heavy (non-hydrogen) atoms. The van der Waals surface area contributed by atoms with Crippen molar-refractivity contribution in [1.29, 1.82) is 0 Å². The Balaban J connectivity index is 2.94. The van der Waals surface area contributed by atoms with Crippen LogP contribution < -0.4 is 5.32 Å². The lowest BCUT2D eigenvalue weighted by Gasteiger charge is -2.29. The van der Waals surface area contributed by atoms with Crippen LogP contribution in [0, 0.1) is 6.92 Å². The third-order valence-electron chi connectivity index (χ3n) is 2.88. The zero-order valence-corrected chi connectivity index (χ0v) is 10.6. The fourth-order valence-corrected chi connectivity index (χ4v) is 1.30. The van der Waals surface area contributed by atoms with E-state index in [0.29, 0.717) is 0 Å². The summed E-state index contributed by atoms with van der Waals surface area (Å²) in [5.41, 5.74) is 0.370. The van der Waals surface area contributed by atoms with Gasteiger partial charge in [-0.25, -0.2) is 0 Å². The summed E-state index contributed by atoms with van der Waals surface area (Å²) in [4.78, 5) is 12.0. The number of carbonyl (C=O) groups is 1. The van der Waals surface area contributed by atoms with Gasteiger partial charge in [0.2, 0.25) is 0 Å². The van der Waals surface area contributed by atoms with E-state index in [4.69, 9.17) is 0 Å². The number of aliphatic hydroxyl groups excluding tert-OH is 1. The Morgan fingerprint density at radius 1 is 1.41 bits per heavy atom. The lowest BCUT2D eigenvalue weighted by Crippen LogP contribution is -2.51. The molecule has 3 N–H and O–H groups in total. The van der Waals surface area contributed by atoms with Crippen LogP contribution in [0.4, 0.5) is 0 Å². The first kappa shape index (κ1) is 13.5. The predicted octanol–water partition coefficient (Wildman–Crippen LogP) is 1.59. The molecular weight excluding hydrogens is 218 g/mol. The maximum atomic E-state index is 12.0. The number of phenolic OH excluding ortho intramolecular Hbond substituents is 1. The number of amides is 1. The summed E-state index contributed by atoms with van der Waals surface area (Å²) < 4.78 is 0. The Labute approximate surface area is 101 Å². The fraction of sp³-hybridized carbons (Fsp3) is 0.462. The van der Waals surface area contributed by atoms with Gasteiger partial charge in [-0.1, -0.05) is 11.6 Å². The molecule has 1 aromatic carbocycles. The number of aliphatic hydroxyl groups is 1. The number of benzene rings is 1. The van der Waals surface area contributed by atoms with Crippen molar-refractivity contribution in [3.63, 3.8) is 0 Å². The maximum Gasteiger partial charge on any atom is 0.255 e. The van der Waals surface area contributed by atoms with Gasteiger partial charge in [0, 0.05) is 0 Å². The number of hydrogen-bond donors (Lipinski definition) is 3. The van der Waals surface area contributed by atoms with Crippen molar-refractivity contribution in [2.45, 2.75) is 39.3 Å². The van der Waals surface area contributed by atoms with Crippen LogP contribution in [0.3, 0.4) is 0 Å². The summed E-state index contributed by atoms with van der Waals surface area (Å²) in [6, 6.07) is 4.83. The van der Waals surface area contributed by atoms with Gasteiger partial charge < -0.3 is 15.5 Å². The number of aryl methyl sites for hydroxylation is 1. The van der Waals surface area contributed by atoms with Gasteiger partial charge in [-0.15, -0.1) is 0 Å². The van der Waals surface area contributed by atoms with Crippen LogP contribution in [0.5, 0.6) is 5.75 Å². The minimum Gasteiger partial charge on any atom is -0.507 e. The summed E-state index contributed by atoms with van der Waals surface area (Å²) in [6.45, 7) is 6.90. The minimum atomic E-state index is -0.743. The molecule has 1 unspecified atom stereocenters. The van der Waals surface area contributed by atoms with E-state index in [2.05, 4.69) is 5.32 Å². The molecule has 4 heteroatoms. The molecule has 1 rings (SSSR count). The van der Waals surface area contributed by atoms with Crippen LogP contribution >= 0.6 is 0 Å². The zero-order chi connectivity index (χ0) is 13.2. The second-order valence-corrected chi connectivity index (χ2v) is 4.87. The Morgan fingerprint density at radius 2 is 2.00 bits per heavy atom. The summed E-state index contributed by atoms with van der Waals surface area (Å²) in [5.74, 6) is -0.452. The smallest absolute Gasteiger partial charge is 0.255 e. The first-order chi connectivity index (χ1) is 7.74. The molecule has 0 spiro atoms. The summed E-state index contributed by atoms with van der Waals surface area (Å²) in [7, 11) is 0. The molecule has 0 saturated carbocycles. The van der Waals surface area contributed by atoms with E-state index in [1.54, 1.807) is 32.9 Å². The molecule has 0 fully saturated rings. The highest BCUT2D eigenvalue weighted by Gasteiger charge is 2.27. The van der Waals surface area contributed by atoms with E-state index in [1.807, 2.05) is 6.92 Å². The molecule has 0 heterocycles. The van der Waals surface area contributed by atoms with Crippen molar-refractivity contribution in [2.75, 3.05) is 0 Å². The maximum absolute atomic E-state index is 12.0. The minimum absolute atomic E-state index is 0.0607. The second-order valence-electron chi connectivity index (χ2n) is 4.87. The number of nitrogens with one attached hydrogen (secondary N) is 1. The normalized spacial score (nSPS) is 13.2. The average Bonchev–Trinajstić information content (AvgIpc) is 2.20. The lowest BCUT2D eigenvalue weighted by atomic mass is 9.98. The molecule has 0 aliphatic heterocycles. The molecule has 0 aromatic heterocycles. The van der Waals surface area contributed by atoms with E-state index < -0.39 is 17.6 Å². The fourth-order valence-electron chi connectivity index (χ4n) is 1.30. The monoisotopic (exact) mass is 237 g/mol. The number of hydrogen-bond acceptors (Lipinski definition) is 3. The average molecular weight is 237 g/mol. The first-order valence-electron chi connectivity index (χ1n) is 5.54. The number of aromatic hydroxyl groups is 1. The van der Waals surface area contributed by atoms with E-state index in [9.17, 15) is 15.0 Å². The first-order valence-corrected chi connectivity index (χ1v) is 5.54. The lowest BCUT2D eigenvalue weighted by molar-refractivity contribution is 0.0707. The quantitative estimate of drug-likeness (QED) is 0.747. The van der Waals surface area contributed by atoms with Gasteiger partial charge in [0.15, 0.2) is 0 Å². The molecule has 0 aliphatic carbocycles. The summed E-state index contributed by atoms with van der Waals surface area (Å²) >= 11 is 0. The Kier molecular flexibility index (Phi) is 3.78. The van der Waals surface area contributed by atoms with Gasteiger partial charge in [-0.2, -0.15) is 0 Å². The topological polar surface area (TPSA) is 69.6 Å². The van der Waals surface area contributed by atoms with Crippen molar-refractivity contribution >= 4 is 5.91 Å². The SMILES string of the molecule is Cc1ccc(O)c(C(=O)NC(C)(C)C(C)O)c1. The van der Waals surface area contributed by atoms with Crippen LogP contribution in [0.15, 0.2) is 18.2 Å². The molecular formula is C13H19NO3. The van der Waals surface area contributed by atoms with Gasteiger partial charge in [0.1, 0.15) is 5.75 Å². The Hall–Kier alpha value is -1.55. The van der Waals surface area contributed by atoms with Gasteiger partial charge in [0.05, 0.1) is 17.2 Å². The highest BCUT2D eigenvalue weighted by atomic mass is 16.3. The van der Waals surface area contributed by atoms with Crippen molar-refractivity contribution in [3.05, 3.63) is 29.3 Å².